The molecule has 0 bridgehead atoms. The van der Waals surface area contributed by atoms with Gasteiger partial charge < -0.3 is 19.1 Å². The zero-order chi connectivity index (χ0) is 29.7. The number of hydrogen-bond acceptors (Lipinski definition) is 9. The molecule has 4 rings (SSSR count). The molecule has 10 heteroatoms. The minimum absolute atomic E-state index is 0.172. The second-order valence-electron chi connectivity index (χ2n) is 9.30. The van der Waals surface area contributed by atoms with Gasteiger partial charge >= 0.3 is 11.9 Å². The van der Waals surface area contributed by atoms with E-state index in [1.807, 2.05) is 37.3 Å². The van der Waals surface area contributed by atoms with E-state index < -0.39 is 18.0 Å². The number of esters is 2. The third-order valence-corrected chi connectivity index (χ3v) is 7.66. The first kappa shape index (κ1) is 29.8. The summed E-state index contributed by atoms with van der Waals surface area (Å²) >= 11 is 1.26. The van der Waals surface area contributed by atoms with E-state index in [1.165, 1.54) is 22.8 Å². The molecule has 1 aromatic heterocycles. The van der Waals surface area contributed by atoms with Crippen molar-refractivity contribution in [2.24, 2.45) is 4.99 Å². The summed E-state index contributed by atoms with van der Waals surface area (Å²) in [6, 6.07) is 12.3. The molecular formula is C31H35N3O6S. The van der Waals surface area contributed by atoms with Crippen LogP contribution in [0, 0.1) is 0 Å². The molecule has 0 saturated heterocycles. The number of thiazole rings is 1. The number of nitrogens with zero attached hydrogens (tertiary/aromatic N) is 3. The van der Waals surface area contributed by atoms with Crippen LogP contribution in [0.1, 0.15) is 58.7 Å². The van der Waals surface area contributed by atoms with Crippen molar-refractivity contribution >= 4 is 35.0 Å². The Balaban J connectivity index is 1.88. The fourth-order valence-electron chi connectivity index (χ4n) is 4.83. The lowest BCUT2D eigenvalue weighted by Crippen LogP contribution is -2.40. The molecule has 0 N–H and O–H groups in total. The van der Waals surface area contributed by atoms with Crippen LogP contribution in [-0.4, -0.2) is 42.8 Å². The lowest BCUT2D eigenvalue weighted by Gasteiger charge is -2.25. The fraction of sp³-hybridized carbons (Fsp3) is 0.355. The molecule has 2 heterocycles. The normalized spacial score (nSPS) is 14.8. The van der Waals surface area contributed by atoms with Gasteiger partial charge in [0.2, 0.25) is 0 Å². The molecule has 0 amide bonds. The Labute approximate surface area is 243 Å². The molecule has 0 unspecified atom stereocenters. The number of ether oxygens (including phenoxy) is 3. The van der Waals surface area contributed by atoms with Crippen LogP contribution in [-0.2, 0) is 14.3 Å². The predicted octanol–water partition coefficient (Wildman–Crippen LogP) is 3.97. The average molecular weight is 578 g/mol. The number of carbonyl (C=O) groups is 2. The molecule has 3 aromatic rings. The fourth-order valence-corrected chi connectivity index (χ4v) is 5.88. The average Bonchev–Trinajstić information content (AvgIpc) is 3.24. The molecule has 9 nitrogen and oxygen atoms in total. The standard InChI is InChI=1S/C31H35N3O6S/c1-7-33(8-2)23-14-11-21(12-15-23)17-26-29(36)34-28(27(30(37)39-10-4)19(5)32-31(34)41-26)22-13-16-24(40-20(6)35)25(18-22)38-9-3/h11-18,28H,7-10H2,1-6H3/b26-17+/t28-/m0/s1. The summed E-state index contributed by atoms with van der Waals surface area (Å²) in [5.74, 6) is -0.461. The SMILES string of the molecule is CCOC(=O)C1=C(C)N=c2s/c(=C/c3ccc(N(CC)CC)cc3)c(=O)n2[C@H]1c1ccc(OC(C)=O)c(OCC)c1. The third kappa shape index (κ3) is 6.27. The number of rotatable bonds is 10. The van der Waals surface area contributed by atoms with Crippen molar-refractivity contribution in [2.75, 3.05) is 31.2 Å². The number of carbonyl (C=O) groups excluding carboxylic acids is 2. The van der Waals surface area contributed by atoms with E-state index in [0.717, 1.165) is 24.3 Å². The summed E-state index contributed by atoms with van der Waals surface area (Å²) in [6.45, 7) is 13.1. The Hall–Kier alpha value is -4.18. The zero-order valence-electron chi connectivity index (χ0n) is 24.2. The highest BCUT2D eigenvalue weighted by Gasteiger charge is 2.34. The topological polar surface area (TPSA) is 99.4 Å². The van der Waals surface area contributed by atoms with E-state index in [0.29, 0.717) is 33.0 Å². The number of aromatic nitrogens is 1. The lowest BCUT2D eigenvalue weighted by molar-refractivity contribution is -0.139. The molecule has 0 radical (unpaired) electrons. The first-order chi connectivity index (χ1) is 19.7. The maximum atomic E-state index is 13.9. The molecule has 0 spiro atoms. The molecule has 1 aliphatic rings. The zero-order valence-corrected chi connectivity index (χ0v) is 25.0. The monoisotopic (exact) mass is 577 g/mol. The second kappa shape index (κ2) is 13.0. The molecule has 41 heavy (non-hydrogen) atoms. The van der Waals surface area contributed by atoms with Gasteiger partial charge in [-0.25, -0.2) is 9.79 Å². The van der Waals surface area contributed by atoms with Gasteiger partial charge in [0.05, 0.1) is 35.1 Å². The van der Waals surface area contributed by atoms with Crippen molar-refractivity contribution in [3.05, 3.63) is 84.5 Å². The molecule has 1 atom stereocenters. The van der Waals surface area contributed by atoms with Crippen LogP contribution in [0.5, 0.6) is 11.5 Å². The van der Waals surface area contributed by atoms with Gasteiger partial charge in [-0.3, -0.25) is 14.2 Å². The van der Waals surface area contributed by atoms with Crippen molar-refractivity contribution in [2.45, 2.75) is 47.6 Å². The maximum absolute atomic E-state index is 13.9. The summed E-state index contributed by atoms with van der Waals surface area (Å²) in [5.41, 5.74) is 3.05. The summed E-state index contributed by atoms with van der Waals surface area (Å²) in [7, 11) is 0. The van der Waals surface area contributed by atoms with Crippen molar-refractivity contribution in [1.29, 1.82) is 0 Å². The van der Waals surface area contributed by atoms with Crippen molar-refractivity contribution in [1.82, 2.24) is 4.57 Å². The highest BCUT2D eigenvalue weighted by Crippen LogP contribution is 2.36. The maximum Gasteiger partial charge on any atom is 0.338 e. The van der Waals surface area contributed by atoms with Crippen LogP contribution >= 0.6 is 11.3 Å². The molecule has 0 saturated carbocycles. The van der Waals surface area contributed by atoms with Gasteiger partial charge in [0.25, 0.3) is 5.56 Å². The van der Waals surface area contributed by atoms with E-state index in [4.69, 9.17) is 14.2 Å². The Bertz CT molecular complexity index is 1650. The van der Waals surface area contributed by atoms with E-state index in [1.54, 1.807) is 32.0 Å². The van der Waals surface area contributed by atoms with Gasteiger partial charge in [0, 0.05) is 25.7 Å². The van der Waals surface area contributed by atoms with Crippen LogP contribution in [0.3, 0.4) is 0 Å². The van der Waals surface area contributed by atoms with Crippen molar-refractivity contribution < 1.29 is 23.8 Å². The van der Waals surface area contributed by atoms with E-state index >= 15 is 0 Å². The number of anilines is 1. The van der Waals surface area contributed by atoms with Gasteiger partial charge in [-0.1, -0.05) is 29.5 Å². The van der Waals surface area contributed by atoms with Crippen LogP contribution < -0.4 is 29.3 Å². The van der Waals surface area contributed by atoms with Gasteiger partial charge in [-0.2, -0.15) is 0 Å². The highest BCUT2D eigenvalue weighted by atomic mass is 32.1. The van der Waals surface area contributed by atoms with Gasteiger partial charge in [-0.15, -0.1) is 0 Å². The quantitative estimate of drug-likeness (QED) is 0.266. The number of hydrogen-bond donors (Lipinski definition) is 0. The summed E-state index contributed by atoms with van der Waals surface area (Å²) in [6.07, 6.45) is 1.84. The Kier molecular flexibility index (Phi) is 9.44. The van der Waals surface area contributed by atoms with E-state index in [9.17, 15) is 14.4 Å². The van der Waals surface area contributed by atoms with Crippen LogP contribution in [0.25, 0.3) is 6.08 Å². The van der Waals surface area contributed by atoms with Crippen LogP contribution in [0.2, 0.25) is 0 Å². The molecule has 2 aromatic carbocycles. The van der Waals surface area contributed by atoms with Gasteiger partial charge in [-0.05, 0) is 76.1 Å². The van der Waals surface area contributed by atoms with Gasteiger partial charge in [0.1, 0.15) is 0 Å². The summed E-state index contributed by atoms with van der Waals surface area (Å²) in [5, 5.41) is 0. The molecular weight excluding hydrogens is 542 g/mol. The molecule has 0 fully saturated rings. The van der Waals surface area contributed by atoms with Crippen molar-refractivity contribution in [3.63, 3.8) is 0 Å². The minimum atomic E-state index is -0.817. The third-order valence-electron chi connectivity index (χ3n) is 6.67. The largest absolute Gasteiger partial charge is 0.490 e. The molecule has 1 aliphatic heterocycles. The Morgan fingerprint density at radius 2 is 1.73 bits per heavy atom. The smallest absolute Gasteiger partial charge is 0.338 e. The highest BCUT2D eigenvalue weighted by molar-refractivity contribution is 7.07. The number of benzene rings is 2. The first-order valence-corrected chi connectivity index (χ1v) is 14.5. The number of allylic oxidation sites excluding steroid dienone is 1. The minimum Gasteiger partial charge on any atom is -0.490 e. The first-order valence-electron chi connectivity index (χ1n) is 13.7. The summed E-state index contributed by atoms with van der Waals surface area (Å²) < 4.78 is 18.5. The van der Waals surface area contributed by atoms with E-state index in [-0.39, 0.29) is 23.5 Å². The predicted molar refractivity (Wildman–Crippen MR) is 159 cm³/mol. The number of fused-ring (bicyclic) bond motifs is 1. The summed E-state index contributed by atoms with van der Waals surface area (Å²) in [4.78, 5) is 46.1. The second-order valence-corrected chi connectivity index (χ2v) is 10.3. The van der Waals surface area contributed by atoms with Crippen LogP contribution in [0.4, 0.5) is 5.69 Å². The lowest BCUT2D eigenvalue weighted by atomic mass is 9.95. The van der Waals surface area contributed by atoms with Crippen LogP contribution in [0.15, 0.2) is 63.5 Å². The molecule has 216 valence electrons. The van der Waals surface area contributed by atoms with E-state index in [2.05, 4.69) is 23.7 Å². The Morgan fingerprint density at radius 3 is 2.34 bits per heavy atom. The molecule has 0 aliphatic carbocycles. The van der Waals surface area contributed by atoms with Gasteiger partial charge in [0.15, 0.2) is 16.3 Å². The Morgan fingerprint density at radius 1 is 1.02 bits per heavy atom. The van der Waals surface area contributed by atoms with Crippen molar-refractivity contribution in [3.8, 4) is 11.5 Å².